The van der Waals surface area contributed by atoms with Crippen molar-refractivity contribution in [2.75, 3.05) is 0 Å². The molecule has 0 unspecified atom stereocenters. The number of hydrogen-bond donors (Lipinski definition) is 0. The molecule has 0 amide bonds. The van der Waals surface area contributed by atoms with Crippen molar-refractivity contribution in [2.24, 2.45) is 0 Å². The van der Waals surface area contributed by atoms with E-state index in [0.717, 1.165) is 11.2 Å². The Bertz CT molecular complexity index is 838. The van der Waals surface area contributed by atoms with Crippen molar-refractivity contribution < 1.29 is 4.42 Å². The second-order valence-corrected chi connectivity index (χ2v) is 5.18. The molecule has 4 aromatic rings. The van der Waals surface area contributed by atoms with Gasteiger partial charge in [0.05, 0.1) is 0 Å². The zero-order chi connectivity index (χ0) is 13.5. The molecule has 2 aromatic heterocycles. The Hall–Kier alpha value is -2.54. The van der Waals surface area contributed by atoms with Crippen molar-refractivity contribution in [1.29, 1.82) is 0 Å². The fraction of sp³-hybridized carbons (Fsp3) is 0.0526. The molecule has 2 heterocycles. The molecule has 0 atom stereocenters. The van der Waals surface area contributed by atoms with Crippen molar-refractivity contribution in [1.82, 2.24) is 0 Å². The molecule has 2 bridgehead atoms. The molecule has 1 nitrogen and oxygen atoms in total. The van der Waals surface area contributed by atoms with Gasteiger partial charge in [0.25, 0.3) is 0 Å². The minimum atomic E-state index is 0.939. The summed E-state index contributed by atoms with van der Waals surface area (Å²) < 4.78 is 5.88. The lowest BCUT2D eigenvalue weighted by atomic mass is 9.98. The average molecular weight is 258 g/mol. The molecular formula is C19H14O. The number of aryl methyl sites for hydroxylation is 1. The van der Waals surface area contributed by atoms with Gasteiger partial charge in [-0.2, -0.15) is 0 Å². The first-order valence-electron chi connectivity index (χ1n) is 6.79. The number of rotatable bonds is 2. The lowest BCUT2D eigenvalue weighted by molar-refractivity contribution is 0.676. The van der Waals surface area contributed by atoms with Crippen LogP contribution in [0.25, 0.3) is 33.4 Å². The summed E-state index contributed by atoms with van der Waals surface area (Å²) in [6, 6.07) is 23.2. The summed E-state index contributed by atoms with van der Waals surface area (Å²) in [6.45, 7) is 2.10. The van der Waals surface area contributed by atoms with E-state index < -0.39 is 0 Å². The summed E-state index contributed by atoms with van der Waals surface area (Å²) in [5.41, 5.74) is 7.97. The molecule has 0 radical (unpaired) electrons. The Balaban J connectivity index is 1.89. The van der Waals surface area contributed by atoms with Crippen molar-refractivity contribution in [3.63, 3.8) is 0 Å². The molecule has 1 heteroatoms. The highest BCUT2D eigenvalue weighted by molar-refractivity contribution is 5.97. The maximum atomic E-state index is 5.88. The third kappa shape index (κ3) is 1.71. The van der Waals surface area contributed by atoms with Crippen molar-refractivity contribution in [3.8, 4) is 22.3 Å². The maximum Gasteiger partial charge on any atom is 0.143 e. The van der Waals surface area contributed by atoms with E-state index in [0.29, 0.717) is 0 Å². The van der Waals surface area contributed by atoms with Gasteiger partial charge in [-0.05, 0) is 30.2 Å². The molecule has 2 aromatic carbocycles. The van der Waals surface area contributed by atoms with E-state index in [1.807, 2.05) is 6.07 Å². The van der Waals surface area contributed by atoms with E-state index >= 15 is 0 Å². The Morgan fingerprint density at radius 2 is 1.30 bits per heavy atom. The first kappa shape index (κ1) is 11.3. The van der Waals surface area contributed by atoms with Gasteiger partial charge in [-0.15, -0.1) is 0 Å². The molecule has 0 saturated heterocycles. The molecule has 0 saturated carbocycles. The quantitative estimate of drug-likeness (QED) is 0.462. The molecule has 0 aliphatic heterocycles. The summed E-state index contributed by atoms with van der Waals surface area (Å²) in [7, 11) is 0. The highest BCUT2D eigenvalue weighted by Crippen LogP contribution is 2.39. The SMILES string of the molecule is Cc1ccc(-c2cc3cc(-c4ccccc4)c2o3)cc1. The third-order valence-corrected chi connectivity index (χ3v) is 3.73. The van der Waals surface area contributed by atoms with E-state index in [-0.39, 0.29) is 0 Å². The predicted octanol–water partition coefficient (Wildman–Crippen LogP) is 5.51. The second-order valence-electron chi connectivity index (χ2n) is 5.18. The van der Waals surface area contributed by atoms with E-state index in [2.05, 4.69) is 67.6 Å². The van der Waals surface area contributed by atoms with Crippen LogP contribution in [0.1, 0.15) is 5.56 Å². The van der Waals surface area contributed by atoms with Gasteiger partial charge in [0.2, 0.25) is 0 Å². The Kier molecular flexibility index (Phi) is 2.40. The molecule has 0 N–H and O–H groups in total. The summed E-state index contributed by atoms with van der Waals surface area (Å²) in [4.78, 5) is 0. The topological polar surface area (TPSA) is 13.1 Å². The van der Waals surface area contributed by atoms with Gasteiger partial charge < -0.3 is 4.42 Å². The van der Waals surface area contributed by atoms with Crippen LogP contribution >= 0.6 is 0 Å². The summed E-state index contributed by atoms with van der Waals surface area (Å²) in [5, 5.41) is 0. The maximum absolute atomic E-state index is 5.88. The standard InChI is InChI=1S/C19H14O/c1-13-7-9-15(10-8-13)18-12-16-11-17(19(18)20-16)14-5-3-2-4-6-14/h2-12H,1H3. The summed E-state index contributed by atoms with van der Waals surface area (Å²) in [6.07, 6.45) is 0. The summed E-state index contributed by atoms with van der Waals surface area (Å²) in [5.74, 6) is 0. The fourth-order valence-corrected chi connectivity index (χ4v) is 2.67. The number of fused-ring (bicyclic) bond motifs is 2. The highest BCUT2D eigenvalue weighted by atomic mass is 16.3. The summed E-state index contributed by atoms with van der Waals surface area (Å²) >= 11 is 0. The van der Waals surface area contributed by atoms with E-state index in [1.54, 1.807) is 0 Å². The normalized spacial score (nSPS) is 11.2. The number of hydrogen-bond acceptors (Lipinski definition) is 1. The van der Waals surface area contributed by atoms with Crippen LogP contribution in [0.3, 0.4) is 0 Å². The van der Waals surface area contributed by atoms with Crippen LogP contribution < -0.4 is 0 Å². The molecule has 20 heavy (non-hydrogen) atoms. The van der Waals surface area contributed by atoms with E-state index in [4.69, 9.17) is 4.42 Å². The van der Waals surface area contributed by atoms with E-state index in [9.17, 15) is 0 Å². The minimum Gasteiger partial charge on any atom is -0.456 e. The zero-order valence-electron chi connectivity index (χ0n) is 11.3. The van der Waals surface area contributed by atoms with Crippen LogP contribution in [0.2, 0.25) is 0 Å². The van der Waals surface area contributed by atoms with Crippen LogP contribution in [0.4, 0.5) is 0 Å². The molecule has 0 aliphatic carbocycles. The monoisotopic (exact) mass is 258 g/mol. The molecule has 4 rings (SSSR count). The molecule has 0 aliphatic rings. The van der Waals surface area contributed by atoms with Crippen LogP contribution in [0.5, 0.6) is 0 Å². The molecular weight excluding hydrogens is 244 g/mol. The van der Waals surface area contributed by atoms with Crippen LogP contribution in [-0.4, -0.2) is 0 Å². The second kappa shape index (κ2) is 4.24. The van der Waals surface area contributed by atoms with Gasteiger partial charge in [-0.1, -0.05) is 60.2 Å². The van der Waals surface area contributed by atoms with Crippen molar-refractivity contribution >= 4 is 11.2 Å². The van der Waals surface area contributed by atoms with Crippen molar-refractivity contribution in [2.45, 2.75) is 6.92 Å². The van der Waals surface area contributed by atoms with Crippen LogP contribution in [0.15, 0.2) is 71.1 Å². The number of furan rings is 2. The van der Waals surface area contributed by atoms with Gasteiger partial charge >= 0.3 is 0 Å². The third-order valence-electron chi connectivity index (χ3n) is 3.73. The molecule has 96 valence electrons. The van der Waals surface area contributed by atoms with Gasteiger partial charge in [0.15, 0.2) is 0 Å². The first-order chi connectivity index (χ1) is 9.81. The van der Waals surface area contributed by atoms with Gasteiger partial charge in [-0.3, -0.25) is 0 Å². The number of benzene rings is 3. The van der Waals surface area contributed by atoms with Gasteiger partial charge in [0, 0.05) is 11.1 Å². The van der Waals surface area contributed by atoms with E-state index in [1.165, 1.54) is 27.8 Å². The zero-order valence-corrected chi connectivity index (χ0v) is 11.3. The predicted molar refractivity (Wildman–Crippen MR) is 83.0 cm³/mol. The highest BCUT2D eigenvalue weighted by Gasteiger charge is 2.16. The smallest absolute Gasteiger partial charge is 0.143 e. The molecule has 0 spiro atoms. The largest absolute Gasteiger partial charge is 0.456 e. The Labute approximate surface area is 117 Å². The average Bonchev–Trinajstić information content (AvgIpc) is 3.09. The Morgan fingerprint density at radius 3 is 1.90 bits per heavy atom. The van der Waals surface area contributed by atoms with Crippen LogP contribution in [-0.2, 0) is 0 Å². The van der Waals surface area contributed by atoms with Gasteiger partial charge in [0.1, 0.15) is 11.2 Å². The first-order valence-corrected chi connectivity index (χ1v) is 6.79. The van der Waals surface area contributed by atoms with Gasteiger partial charge in [-0.25, -0.2) is 0 Å². The Morgan fingerprint density at radius 1 is 0.700 bits per heavy atom. The fourth-order valence-electron chi connectivity index (χ4n) is 2.67. The van der Waals surface area contributed by atoms with Crippen LogP contribution in [0, 0.1) is 6.92 Å². The lowest BCUT2D eigenvalue weighted by Gasteiger charge is -2.03. The van der Waals surface area contributed by atoms with Crippen molar-refractivity contribution in [3.05, 3.63) is 72.3 Å². The molecule has 0 fully saturated rings. The lowest BCUT2D eigenvalue weighted by Crippen LogP contribution is -1.80. The minimum absolute atomic E-state index is 0.939.